The molecule has 0 saturated carbocycles. The number of thiophene rings is 2. The third-order valence-corrected chi connectivity index (χ3v) is 18.5. The van der Waals surface area contributed by atoms with Gasteiger partial charge in [0, 0.05) is 90.7 Å². The second-order valence-corrected chi connectivity index (χ2v) is 23.1. The van der Waals surface area contributed by atoms with Gasteiger partial charge in [0.1, 0.15) is 0 Å². The first-order chi connectivity index (χ1) is 37.4. The van der Waals surface area contributed by atoms with Gasteiger partial charge in [0.05, 0.1) is 16.7 Å². The minimum absolute atomic E-state index is 0.276. The van der Waals surface area contributed by atoms with Crippen LogP contribution in [-0.4, -0.2) is 4.57 Å². The van der Waals surface area contributed by atoms with E-state index in [4.69, 9.17) is 0 Å². The molecular formula is C71H47N3S2. The molecule has 5 heteroatoms. The summed E-state index contributed by atoms with van der Waals surface area (Å²) < 4.78 is 7.67. The first-order valence-electron chi connectivity index (χ1n) is 26.1. The van der Waals surface area contributed by atoms with Crippen LogP contribution in [0.5, 0.6) is 0 Å². The van der Waals surface area contributed by atoms with Crippen LogP contribution in [0.1, 0.15) is 25.0 Å². The normalized spacial score (nSPS) is 13.0. The van der Waals surface area contributed by atoms with E-state index in [0.29, 0.717) is 0 Å². The Labute approximate surface area is 448 Å². The third kappa shape index (κ3) is 6.59. The average Bonchev–Trinajstić information content (AvgIpc) is 4.32. The maximum Gasteiger partial charge on any atom is 0.0582 e. The van der Waals surface area contributed by atoms with Crippen LogP contribution in [0.2, 0.25) is 0 Å². The molecule has 0 amide bonds. The van der Waals surface area contributed by atoms with Crippen molar-refractivity contribution in [3.05, 3.63) is 260 Å². The summed E-state index contributed by atoms with van der Waals surface area (Å²) in [7, 11) is 0. The second-order valence-electron chi connectivity index (χ2n) is 20.9. The van der Waals surface area contributed by atoms with Gasteiger partial charge in [-0.2, -0.15) is 0 Å². The molecule has 0 atom stereocenters. The zero-order valence-electron chi connectivity index (χ0n) is 41.8. The molecule has 0 saturated heterocycles. The number of aromatic nitrogens is 1. The second kappa shape index (κ2) is 16.5. The van der Waals surface area contributed by atoms with Gasteiger partial charge in [-0.05, 0) is 159 Å². The molecule has 4 heterocycles. The standard InChI is InChI=1S/C71H47N3S2/c1-71(2)62-22-10-12-24-65(62)74-64-23-11-7-19-56(64)61-39-49(40-63(71)70(61)74)48-37-54(72(50-29-27-44-15-3-5-17-46(44)35-50)52-31-33-68-59(42-52)57-20-8-13-25-66(57)75-68)41-55(38-48)73(51-30-28-45-16-4-6-18-47(45)36-51)53-32-34-69-60(43-53)58-21-9-14-26-67(58)76-69/h3-43H,1-2H3. The van der Waals surface area contributed by atoms with Gasteiger partial charge in [-0.1, -0.05) is 147 Å². The van der Waals surface area contributed by atoms with E-state index in [1.165, 1.54) is 106 Å². The summed E-state index contributed by atoms with van der Waals surface area (Å²) in [5.41, 5.74) is 15.0. The molecule has 0 radical (unpaired) electrons. The zero-order valence-corrected chi connectivity index (χ0v) is 43.5. The molecule has 3 aromatic heterocycles. The number of hydrogen-bond donors (Lipinski definition) is 0. The van der Waals surface area contributed by atoms with E-state index in [1.54, 1.807) is 0 Å². The van der Waals surface area contributed by atoms with Crippen molar-refractivity contribution in [1.29, 1.82) is 0 Å². The summed E-state index contributed by atoms with van der Waals surface area (Å²) in [6.45, 7) is 4.82. The fraction of sp³-hybridized carbons (Fsp3) is 0.0423. The number of rotatable bonds is 7. The Bertz CT molecular complexity index is 4680. The largest absolute Gasteiger partial charge is 0.310 e. The van der Waals surface area contributed by atoms with E-state index in [-0.39, 0.29) is 5.41 Å². The van der Waals surface area contributed by atoms with Gasteiger partial charge in [0.15, 0.2) is 0 Å². The third-order valence-electron chi connectivity index (χ3n) is 16.2. The van der Waals surface area contributed by atoms with Crippen molar-refractivity contribution < 1.29 is 0 Å². The van der Waals surface area contributed by atoms with Gasteiger partial charge in [0.2, 0.25) is 0 Å². The van der Waals surface area contributed by atoms with E-state index in [1.807, 2.05) is 22.7 Å². The Kier molecular flexibility index (Phi) is 9.42. The van der Waals surface area contributed by atoms with Crippen molar-refractivity contribution in [1.82, 2.24) is 4.57 Å². The van der Waals surface area contributed by atoms with Gasteiger partial charge < -0.3 is 14.4 Å². The number of fused-ring (bicyclic) bond motifs is 13. The van der Waals surface area contributed by atoms with Crippen molar-refractivity contribution in [3.8, 4) is 16.8 Å². The highest BCUT2D eigenvalue weighted by Gasteiger charge is 2.36. The maximum absolute atomic E-state index is 2.52. The lowest BCUT2D eigenvalue weighted by atomic mass is 9.74. The van der Waals surface area contributed by atoms with E-state index in [2.05, 4.69) is 277 Å². The highest BCUT2D eigenvalue weighted by atomic mass is 32.1. The summed E-state index contributed by atoms with van der Waals surface area (Å²) in [6.07, 6.45) is 0. The number of para-hydroxylation sites is 2. The van der Waals surface area contributed by atoms with Crippen molar-refractivity contribution >= 4 is 140 Å². The lowest BCUT2D eigenvalue weighted by molar-refractivity contribution is 0.630. The lowest BCUT2D eigenvalue weighted by Gasteiger charge is -2.35. The van der Waals surface area contributed by atoms with E-state index in [9.17, 15) is 0 Å². The minimum atomic E-state index is -0.276. The van der Waals surface area contributed by atoms with Crippen LogP contribution in [-0.2, 0) is 5.41 Å². The molecule has 3 nitrogen and oxygen atoms in total. The molecule has 0 bridgehead atoms. The van der Waals surface area contributed by atoms with E-state index < -0.39 is 0 Å². The predicted molar refractivity (Wildman–Crippen MR) is 329 cm³/mol. The number of hydrogen-bond acceptors (Lipinski definition) is 4. The summed E-state index contributed by atoms with van der Waals surface area (Å²) in [4.78, 5) is 4.99. The van der Waals surface area contributed by atoms with Crippen molar-refractivity contribution in [2.24, 2.45) is 0 Å². The van der Waals surface area contributed by atoms with Gasteiger partial charge >= 0.3 is 0 Å². The molecule has 76 heavy (non-hydrogen) atoms. The molecule has 0 N–H and O–H groups in total. The first-order valence-corrected chi connectivity index (χ1v) is 27.8. The summed E-state index contributed by atoms with van der Waals surface area (Å²) >= 11 is 3.72. The van der Waals surface area contributed by atoms with Crippen LogP contribution >= 0.6 is 22.7 Å². The maximum atomic E-state index is 2.52. The summed E-state index contributed by atoms with van der Waals surface area (Å²) in [5, 5.41) is 12.4. The van der Waals surface area contributed by atoms with Gasteiger partial charge in [-0.25, -0.2) is 0 Å². The molecule has 16 rings (SSSR count). The Morgan fingerprint density at radius 2 is 0.776 bits per heavy atom. The molecule has 15 aromatic rings. The quantitative estimate of drug-likeness (QED) is 0.158. The average molecular weight is 1010 g/mol. The SMILES string of the molecule is CC1(C)c2ccccc2-n2c3ccccc3c3cc(-c4cc(N(c5ccc6ccccc6c5)c5ccc6sc7ccccc7c6c5)cc(N(c5ccc6ccccc6c5)c5ccc6sc7ccccc7c6c5)c4)cc1c32. The molecule has 0 spiro atoms. The summed E-state index contributed by atoms with van der Waals surface area (Å²) in [5.74, 6) is 0. The van der Waals surface area contributed by atoms with Gasteiger partial charge in [0.25, 0.3) is 0 Å². The van der Waals surface area contributed by atoms with Crippen LogP contribution in [0, 0.1) is 0 Å². The molecule has 1 aliphatic rings. The number of nitrogens with zero attached hydrogens (tertiary/aromatic N) is 3. The highest BCUT2D eigenvalue weighted by molar-refractivity contribution is 7.26. The zero-order chi connectivity index (χ0) is 50.2. The van der Waals surface area contributed by atoms with Crippen LogP contribution in [0.15, 0.2) is 249 Å². The topological polar surface area (TPSA) is 11.4 Å². The molecule has 12 aromatic carbocycles. The molecule has 1 aliphatic heterocycles. The number of anilines is 6. The first kappa shape index (κ1) is 43.4. The monoisotopic (exact) mass is 1010 g/mol. The lowest BCUT2D eigenvalue weighted by Crippen LogP contribution is -2.26. The van der Waals surface area contributed by atoms with Crippen molar-refractivity contribution in [2.45, 2.75) is 19.3 Å². The van der Waals surface area contributed by atoms with Crippen LogP contribution < -0.4 is 9.80 Å². The Balaban J connectivity index is 1.01. The minimum Gasteiger partial charge on any atom is -0.310 e. The smallest absolute Gasteiger partial charge is 0.0582 e. The van der Waals surface area contributed by atoms with Crippen molar-refractivity contribution in [3.63, 3.8) is 0 Å². The van der Waals surface area contributed by atoms with Crippen LogP contribution in [0.25, 0.3) is 101 Å². The van der Waals surface area contributed by atoms with Crippen molar-refractivity contribution in [2.75, 3.05) is 9.80 Å². The molecule has 358 valence electrons. The Hall–Kier alpha value is -9.00. The molecule has 0 unspecified atom stereocenters. The molecular weight excluding hydrogens is 959 g/mol. The fourth-order valence-electron chi connectivity index (χ4n) is 12.6. The summed E-state index contributed by atoms with van der Waals surface area (Å²) in [6, 6.07) is 93.3. The Morgan fingerprint density at radius 3 is 1.38 bits per heavy atom. The molecule has 0 aliphatic carbocycles. The molecule has 0 fully saturated rings. The van der Waals surface area contributed by atoms with Gasteiger partial charge in [-0.15, -0.1) is 22.7 Å². The Morgan fingerprint density at radius 1 is 0.316 bits per heavy atom. The van der Waals surface area contributed by atoms with Gasteiger partial charge in [-0.3, -0.25) is 0 Å². The highest BCUT2D eigenvalue weighted by Crippen LogP contribution is 2.52. The van der Waals surface area contributed by atoms with E-state index in [0.717, 1.165) is 39.7 Å². The van der Waals surface area contributed by atoms with Crippen LogP contribution in [0.3, 0.4) is 0 Å². The van der Waals surface area contributed by atoms with Crippen LogP contribution in [0.4, 0.5) is 34.1 Å². The van der Waals surface area contributed by atoms with E-state index >= 15 is 0 Å². The predicted octanol–water partition coefficient (Wildman–Crippen LogP) is 21.1. The number of benzene rings is 12. The fourth-order valence-corrected chi connectivity index (χ4v) is 14.8.